The summed E-state index contributed by atoms with van der Waals surface area (Å²) in [7, 11) is 0. The summed E-state index contributed by atoms with van der Waals surface area (Å²) in [4.78, 5) is 28.2. The molecule has 34 heavy (non-hydrogen) atoms. The maximum Gasteiger partial charge on any atom is 0.430 e. The van der Waals surface area contributed by atoms with E-state index in [0.29, 0.717) is 15.7 Å². The van der Waals surface area contributed by atoms with Crippen molar-refractivity contribution in [1.29, 1.82) is 0 Å². The molecule has 2 atom stereocenters. The number of carboxylic acids is 1. The lowest BCUT2D eigenvalue weighted by atomic mass is 9.86. The van der Waals surface area contributed by atoms with Gasteiger partial charge in [-0.15, -0.1) is 0 Å². The summed E-state index contributed by atoms with van der Waals surface area (Å²) in [6.07, 6.45) is -1.27. The molecular weight excluding hydrogens is 494 g/mol. The van der Waals surface area contributed by atoms with Gasteiger partial charge in [0.2, 0.25) is 5.69 Å². The third-order valence-corrected chi connectivity index (χ3v) is 5.21. The Hall–Kier alpha value is -3.17. The summed E-state index contributed by atoms with van der Waals surface area (Å²) in [5.74, 6) is -3.14. The molecule has 0 bridgehead atoms. The molecule has 11 heteroatoms. The van der Waals surface area contributed by atoms with Crippen LogP contribution in [-0.4, -0.2) is 29.1 Å². The molecule has 0 spiro atoms. The molecule has 3 aromatic rings. The molecule has 1 aromatic heterocycles. The fraction of sp³-hybridized carbons (Fsp3) is 0.217. The molecule has 1 heterocycles. The number of hydrogen-bond acceptors (Lipinski definition) is 4. The monoisotopic (exact) mass is 513 g/mol. The van der Waals surface area contributed by atoms with E-state index in [2.05, 4.69) is 15.3 Å². The maximum atomic E-state index is 12.5. The number of aliphatic carboxylic acids is 1. The molecule has 0 radical (unpaired) electrons. The van der Waals surface area contributed by atoms with Gasteiger partial charge in [0.05, 0.1) is 6.20 Å². The molecule has 2 aromatic carbocycles. The SMILES string of the molecule is C[C@@H](NC(=O)c1cc[nH+]cn1)[C@H](Cc1ccc(Cl)cc1)c1ccc(Cl)cc1.O=C([O-])C(F)(F)F. The molecule has 180 valence electrons. The second-order valence-corrected chi connectivity index (χ2v) is 8.05. The normalized spacial score (nSPS) is 12.6. The first-order valence-corrected chi connectivity index (χ1v) is 10.6. The zero-order chi connectivity index (χ0) is 25.3. The van der Waals surface area contributed by atoms with Crippen molar-refractivity contribution < 1.29 is 32.9 Å². The number of H-pyrrole nitrogens is 1. The van der Waals surface area contributed by atoms with E-state index in [1.54, 1.807) is 12.3 Å². The number of carbonyl (C=O) groups excluding carboxylic acids is 2. The van der Waals surface area contributed by atoms with Crippen LogP contribution in [0.5, 0.6) is 0 Å². The van der Waals surface area contributed by atoms with Crippen LogP contribution >= 0.6 is 23.2 Å². The lowest BCUT2D eigenvalue weighted by Crippen LogP contribution is -2.38. The van der Waals surface area contributed by atoms with Crippen molar-refractivity contribution in [2.45, 2.75) is 31.5 Å². The number of halogens is 5. The Morgan fingerprint density at radius 2 is 1.56 bits per heavy atom. The number of carboxylic acid groups (broad SMARTS) is 1. The van der Waals surface area contributed by atoms with Gasteiger partial charge in [-0.1, -0.05) is 47.5 Å². The molecule has 6 nitrogen and oxygen atoms in total. The van der Waals surface area contributed by atoms with Gasteiger partial charge in [0, 0.05) is 28.1 Å². The number of alkyl halides is 3. The fourth-order valence-corrected chi connectivity index (χ4v) is 3.26. The Morgan fingerprint density at radius 3 is 2.03 bits per heavy atom. The molecule has 1 amide bonds. The van der Waals surface area contributed by atoms with E-state index in [0.717, 1.165) is 17.5 Å². The van der Waals surface area contributed by atoms with E-state index in [1.165, 1.54) is 6.33 Å². The van der Waals surface area contributed by atoms with Crippen LogP contribution in [0.3, 0.4) is 0 Å². The third-order valence-electron chi connectivity index (χ3n) is 4.71. The zero-order valence-electron chi connectivity index (χ0n) is 17.8. The van der Waals surface area contributed by atoms with Gasteiger partial charge < -0.3 is 15.2 Å². The van der Waals surface area contributed by atoms with Crippen molar-refractivity contribution in [2.24, 2.45) is 0 Å². The number of benzene rings is 2. The fourth-order valence-electron chi connectivity index (χ4n) is 3.00. The molecule has 2 N–H and O–H groups in total. The van der Waals surface area contributed by atoms with Gasteiger partial charge in [-0.05, 0) is 53.7 Å². The molecule has 0 unspecified atom stereocenters. The first-order valence-electron chi connectivity index (χ1n) is 9.88. The topological polar surface area (TPSA) is 96.3 Å². The lowest BCUT2D eigenvalue weighted by molar-refractivity contribution is -0.382. The van der Waals surface area contributed by atoms with Crippen LogP contribution in [0.1, 0.15) is 34.5 Å². The van der Waals surface area contributed by atoms with E-state index >= 15 is 0 Å². The van der Waals surface area contributed by atoms with Crippen LogP contribution in [0, 0.1) is 0 Å². The smallest absolute Gasteiger partial charge is 0.430 e. The largest absolute Gasteiger partial charge is 0.542 e. The summed E-state index contributed by atoms with van der Waals surface area (Å²) in [5, 5.41) is 13.2. The highest BCUT2D eigenvalue weighted by molar-refractivity contribution is 6.30. The minimum atomic E-state index is -5.19. The lowest BCUT2D eigenvalue weighted by Gasteiger charge is -2.25. The third kappa shape index (κ3) is 8.64. The van der Waals surface area contributed by atoms with E-state index in [9.17, 15) is 18.0 Å². The van der Waals surface area contributed by atoms with E-state index in [4.69, 9.17) is 33.1 Å². The summed E-state index contributed by atoms with van der Waals surface area (Å²) in [5.41, 5.74) is 2.63. The summed E-state index contributed by atoms with van der Waals surface area (Å²) in [6.45, 7) is 2.00. The second kappa shape index (κ2) is 12.3. The Kier molecular flexibility index (Phi) is 9.83. The number of hydrogen-bond donors (Lipinski definition) is 1. The molecule has 3 rings (SSSR count). The molecule has 0 saturated heterocycles. The van der Waals surface area contributed by atoms with Crippen LogP contribution in [0.4, 0.5) is 13.2 Å². The Balaban J connectivity index is 0.000000509. The molecule has 0 aliphatic carbocycles. The van der Waals surface area contributed by atoms with Gasteiger partial charge in [0.15, 0.2) is 0 Å². The molecule has 0 saturated carbocycles. The van der Waals surface area contributed by atoms with Gasteiger partial charge in [-0.2, -0.15) is 13.2 Å². The summed E-state index contributed by atoms with van der Waals surface area (Å²) < 4.78 is 31.5. The summed E-state index contributed by atoms with van der Waals surface area (Å²) in [6, 6.07) is 17.1. The van der Waals surface area contributed by atoms with Gasteiger partial charge >= 0.3 is 6.18 Å². The minimum Gasteiger partial charge on any atom is -0.542 e. The molecule has 0 fully saturated rings. The first-order chi connectivity index (χ1) is 16.0. The van der Waals surface area contributed by atoms with Crippen LogP contribution in [0.15, 0.2) is 67.1 Å². The highest BCUT2D eigenvalue weighted by atomic mass is 35.5. The van der Waals surface area contributed by atoms with Crippen molar-refractivity contribution in [3.8, 4) is 0 Å². The number of rotatable bonds is 6. The standard InChI is InChI=1S/C21H19Cl2N3O.C2HF3O2/c1-14(26-21(27)20-10-11-24-13-25-20)19(16-4-8-18(23)9-5-16)12-15-2-6-17(22)7-3-15;3-2(4,5)1(6)7/h2-11,13-14,19H,12H2,1H3,(H,26,27);(H,6,7)/t14-,19+;/m1./s1. The average molecular weight is 514 g/mol. The zero-order valence-corrected chi connectivity index (χ0v) is 19.3. The van der Waals surface area contributed by atoms with Crippen molar-refractivity contribution in [2.75, 3.05) is 0 Å². The second-order valence-electron chi connectivity index (χ2n) is 7.18. The van der Waals surface area contributed by atoms with Gasteiger partial charge in [0.25, 0.3) is 12.2 Å². The van der Waals surface area contributed by atoms with Crippen molar-refractivity contribution in [3.63, 3.8) is 0 Å². The highest BCUT2D eigenvalue weighted by Gasteiger charge is 2.29. The van der Waals surface area contributed by atoms with E-state index in [1.807, 2.05) is 55.5 Å². The summed E-state index contributed by atoms with van der Waals surface area (Å²) >= 11 is 12.0. The van der Waals surface area contributed by atoms with Crippen LogP contribution in [-0.2, 0) is 11.2 Å². The number of nitrogens with one attached hydrogen (secondary N) is 2. The van der Waals surface area contributed by atoms with E-state index < -0.39 is 12.1 Å². The Bertz CT molecular complexity index is 1080. The predicted octanol–water partition coefficient (Wildman–Crippen LogP) is 3.65. The quantitative estimate of drug-likeness (QED) is 0.544. The predicted molar refractivity (Wildman–Crippen MR) is 118 cm³/mol. The molecule has 0 aliphatic rings. The van der Waals surface area contributed by atoms with Gasteiger partial charge in [-0.3, -0.25) is 9.78 Å². The van der Waals surface area contributed by atoms with Crippen molar-refractivity contribution in [3.05, 3.63) is 94.0 Å². The highest BCUT2D eigenvalue weighted by Crippen LogP contribution is 2.27. The number of aromatic nitrogens is 2. The number of aromatic amines is 1. The van der Waals surface area contributed by atoms with Gasteiger partial charge in [0.1, 0.15) is 5.97 Å². The number of carbonyl (C=O) groups is 2. The van der Waals surface area contributed by atoms with E-state index in [-0.39, 0.29) is 17.9 Å². The van der Waals surface area contributed by atoms with Crippen molar-refractivity contribution in [1.82, 2.24) is 10.3 Å². The minimum absolute atomic E-state index is 0.0719. The maximum absolute atomic E-state index is 12.5. The molecular formula is C23H20Cl2F3N3O3. The van der Waals surface area contributed by atoms with Crippen LogP contribution in [0.2, 0.25) is 10.0 Å². The van der Waals surface area contributed by atoms with Crippen molar-refractivity contribution >= 4 is 35.1 Å². The average Bonchev–Trinajstić information content (AvgIpc) is 2.79. The van der Waals surface area contributed by atoms with Crippen LogP contribution in [0.25, 0.3) is 0 Å². The number of nitrogens with zero attached hydrogens (tertiary/aromatic N) is 1. The Labute approximate surface area is 203 Å². The molecule has 0 aliphatic heterocycles. The van der Waals surface area contributed by atoms with Gasteiger partial charge in [-0.25, -0.2) is 0 Å². The Morgan fingerprint density at radius 1 is 1.03 bits per heavy atom. The number of amides is 1. The van der Waals surface area contributed by atoms with Crippen LogP contribution < -0.4 is 15.4 Å². The first kappa shape index (κ1) is 27.1.